The molecule has 0 aliphatic carbocycles. The zero-order valence-corrected chi connectivity index (χ0v) is 20.7. The minimum absolute atomic E-state index is 0.0478. The van der Waals surface area contributed by atoms with Crippen LogP contribution in [0.25, 0.3) is 0 Å². The van der Waals surface area contributed by atoms with E-state index in [4.69, 9.17) is 14.2 Å². The summed E-state index contributed by atoms with van der Waals surface area (Å²) in [6.07, 6.45) is 0. The van der Waals surface area contributed by atoms with Crippen LogP contribution in [-0.2, 0) is 19.7 Å². The molecule has 0 aromatic heterocycles. The molecule has 0 fully saturated rings. The molecule has 0 aliphatic rings. The number of hydrogen-bond donors (Lipinski definition) is 0. The molecule has 0 saturated carbocycles. The Bertz CT molecular complexity index is 1220. The van der Waals surface area contributed by atoms with Gasteiger partial charge in [0.05, 0.1) is 13.7 Å². The average Bonchev–Trinajstić information content (AvgIpc) is 2.93. The molecule has 0 spiro atoms. The highest BCUT2D eigenvalue weighted by atomic mass is 16.5. The van der Waals surface area contributed by atoms with Crippen molar-refractivity contribution in [1.29, 1.82) is 0 Å². The van der Waals surface area contributed by atoms with Gasteiger partial charge in [0.15, 0.2) is 0 Å². The van der Waals surface area contributed by atoms with Gasteiger partial charge in [-0.1, -0.05) is 66.7 Å². The van der Waals surface area contributed by atoms with Gasteiger partial charge in [0.25, 0.3) is 5.91 Å². The average molecular weight is 482 g/mol. The maximum absolute atomic E-state index is 13.8. The third kappa shape index (κ3) is 6.66. The molecule has 5 nitrogen and oxygen atoms in total. The van der Waals surface area contributed by atoms with E-state index in [-0.39, 0.29) is 12.5 Å². The number of carbonyl (C=O) groups is 1. The van der Waals surface area contributed by atoms with Crippen molar-refractivity contribution in [2.45, 2.75) is 26.6 Å². The van der Waals surface area contributed by atoms with E-state index in [1.807, 2.05) is 115 Å². The third-order valence-corrected chi connectivity index (χ3v) is 5.76. The molecule has 0 atom stereocenters. The minimum atomic E-state index is -0.0478. The van der Waals surface area contributed by atoms with Gasteiger partial charge < -0.3 is 19.1 Å². The maximum Gasteiger partial charge on any atom is 0.254 e. The van der Waals surface area contributed by atoms with Gasteiger partial charge in [-0.05, 0) is 48.4 Å². The highest BCUT2D eigenvalue weighted by Crippen LogP contribution is 2.26. The van der Waals surface area contributed by atoms with Crippen LogP contribution in [0, 0.1) is 0 Å². The van der Waals surface area contributed by atoms with Crippen LogP contribution in [0.15, 0.2) is 103 Å². The van der Waals surface area contributed by atoms with E-state index in [1.54, 1.807) is 7.11 Å². The topological polar surface area (TPSA) is 48.0 Å². The summed E-state index contributed by atoms with van der Waals surface area (Å²) in [6.45, 7) is 3.75. The predicted molar refractivity (Wildman–Crippen MR) is 141 cm³/mol. The summed E-state index contributed by atoms with van der Waals surface area (Å²) in [5, 5.41) is 0. The van der Waals surface area contributed by atoms with E-state index in [1.165, 1.54) is 0 Å². The quantitative estimate of drug-likeness (QED) is 0.245. The normalized spacial score (nSPS) is 10.5. The van der Waals surface area contributed by atoms with Gasteiger partial charge in [-0.3, -0.25) is 4.79 Å². The molecule has 184 valence electrons. The first-order valence-electron chi connectivity index (χ1n) is 12.1. The Morgan fingerprint density at radius 1 is 0.722 bits per heavy atom. The predicted octanol–water partition coefficient (Wildman–Crippen LogP) is 6.52. The molecule has 0 radical (unpaired) electrons. The molecule has 36 heavy (non-hydrogen) atoms. The van der Waals surface area contributed by atoms with Crippen molar-refractivity contribution in [3.05, 3.63) is 125 Å². The van der Waals surface area contributed by atoms with Crippen LogP contribution >= 0.6 is 0 Å². The number of carbonyl (C=O) groups excluding carboxylic acids is 1. The second kappa shape index (κ2) is 12.5. The lowest BCUT2D eigenvalue weighted by Crippen LogP contribution is -2.30. The van der Waals surface area contributed by atoms with Crippen molar-refractivity contribution in [2.24, 2.45) is 0 Å². The van der Waals surface area contributed by atoms with Crippen molar-refractivity contribution in [3.63, 3.8) is 0 Å². The maximum atomic E-state index is 13.8. The summed E-state index contributed by atoms with van der Waals surface area (Å²) in [4.78, 5) is 15.6. The summed E-state index contributed by atoms with van der Waals surface area (Å²) in [5.74, 6) is 2.06. The molecule has 0 bridgehead atoms. The number of rotatable bonds is 11. The molecule has 4 rings (SSSR count). The standard InChI is InChI=1S/C31H31NO4/c1-3-35-30-18-17-26(19-27(30)23-36-29-16-10-15-28(20-29)34-2)31(33)32(21-24-11-6-4-7-12-24)22-25-13-8-5-9-14-25/h4-20H,3,21-23H2,1-2H3. The van der Waals surface area contributed by atoms with Gasteiger partial charge in [0.1, 0.15) is 23.9 Å². The number of hydrogen-bond acceptors (Lipinski definition) is 4. The Hall–Kier alpha value is -4.25. The van der Waals surface area contributed by atoms with E-state index < -0.39 is 0 Å². The Balaban J connectivity index is 1.59. The number of ether oxygens (including phenoxy) is 3. The third-order valence-electron chi connectivity index (χ3n) is 5.76. The zero-order chi connectivity index (χ0) is 25.2. The van der Waals surface area contributed by atoms with E-state index in [2.05, 4.69) is 0 Å². The second-order valence-corrected chi connectivity index (χ2v) is 8.36. The Morgan fingerprint density at radius 2 is 1.36 bits per heavy atom. The molecule has 0 unspecified atom stereocenters. The van der Waals surface area contributed by atoms with Crippen LogP contribution in [0.2, 0.25) is 0 Å². The first-order valence-corrected chi connectivity index (χ1v) is 12.1. The number of methoxy groups -OCH3 is 1. The van der Waals surface area contributed by atoms with Crippen molar-refractivity contribution in [3.8, 4) is 17.2 Å². The molecule has 0 aliphatic heterocycles. The fourth-order valence-electron chi connectivity index (χ4n) is 3.96. The van der Waals surface area contributed by atoms with Gasteiger partial charge in [-0.15, -0.1) is 0 Å². The molecule has 1 amide bonds. The van der Waals surface area contributed by atoms with E-state index in [0.29, 0.717) is 36.8 Å². The fraction of sp³-hybridized carbons (Fsp3) is 0.194. The van der Waals surface area contributed by atoms with E-state index in [0.717, 1.165) is 22.4 Å². The lowest BCUT2D eigenvalue weighted by molar-refractivity contribution is 0.0729. The van der Waals surface area contributed by atoms with Crippen molar-refractivity contribution in [1.82, 2.24) is 4.90 Å². The lowest BCUT2D eigenvalue weighted by Gasteiger charge is -2.24. The summed E-state index contributed by atoms with van der Waals surface area (Å²) in [5.41, 5.74) is 3.56. The molecule has 0 N–H and O–H groups in total. The highest BCUT2D eigenvalue weighted by molar-refractivity contribution is 5.94. The largest absolute Gasteiger partial charge is 0.497 e. The Morgan fingerprint density at radius 3 is 1.97 bits per heavy atom. The lowest BCUT2D eigenvalue weighted by atomic mass is 10.1. The summed E-state index contributed by atoms with van der Waals surface area (Å²) < 4.78 is 17.1. The number of amides is 1. The first kappa shape index (κ1) is 24.9. The fourth-order valence-corrected chi connectivity index (χ4v) is 3.96. The van der Waals surface area contributed by atoms with Crippen LogP contribution < -0.4 is 14.2 Å². The van der Waals surface area contributed by atoms with E-state index in [9.17, 15) is 4.79 Å². The summed E-state index contributed by atoms with van der Waals surface area (Å²) in [6, 6.07) is 33.1. The van der Waals surface area contributed by atoms with Gasteiger partial charge in [-0.2, -0.15) is 0 Å². The molecule has 4 aromatic rings. The molecular weight excluding hydrogens is 450 g/mol. The van der Waals surface area contributed by atoms with E-state index >= 15 is 0 Å². The Kier molecular flexibility index (Phi) is 8.60. The van der Waals surface area contributed by atoms with Crippen LogP contribution in [-0.4, -0.2) is 24.5 Å². The monoisotopic (exact) mass is 481 g/mol. The van der Waals surface area contributed by atoms with Gasteiger partial charge in [0, 0.05) is 30.3 Å². The second-order valence-electron chi connectivity index (χ2n) is 8.36. The molecular formula is C31H31NO4. The number of nitrogens with zero attached hydrogens (tertiary/aromatic N) is 1. The van der Waals surface area contributed by atoms with Gasteiger partial charge in [0.2, 0.25) is 0 Å². The minimum Gasteiger partial charge on any atom is -0.497 e. The van der Waals surface area contributed by atoms with Gasteiger partial charge in [-0.25, -0.2) is 0 Å². The summed E-state index contributed by atoms with van der Waals surface area (Å²) in [7, 11) is 1.62. The van der Waals surface area contributed by atoms with Crippen LogP contribution in [0.5, 0.6) is 17.2 Å². The van der Waals surface area contributed by atoms with Crippen LogP contribution in [0.3, 0.4) is 0 Å². The van der Waals surface area contributed by atoms with Crippen molar-refractivity contribution < 1.29 is 19.0 Å². The molecule has 0 saturated heterocycles. The van der Waals surface area contributed by atoms with Crippen molar-refractivity contribution >= 4 is 5.91 Å². The van der Waals surface area contributed by atoms with Crippen LogP contribution in [0.4, 0.5) is 0 Å². The SMILES string of the molecule is CCOc1ccc(C(=O)N(Cc2ccccc2)Cc2ccccc2)cc1COc1cccc(OC)c1. The highest BCUT2D eigenvalue weighted by Gasteiger charge is 2.19. The number of benzene rings is 4. The van der Waals surface area contributed by atoms with Crippen molar-refractivity contribution in [2.75, 3.05) is 13.7 Å². The van der Waals surface area contributed by atoms with Crippen LogP contribution in [0.1, 0.15) is 34.0 Å². The smallest absolute Gasteiger partial charge is 0.254 e. The zero-order valence-electron chi connectivity index (χ0n) is 20.7. The first-order chi connectivity index (χ1) is 17.7. The van der Waals surface area contributed by atoms with Gasteiger partial charge >= 0.3 is 0 Å². The Labute approximate surface area is 212 Å². The molecule has 5 heteroatoms. The molecule has 4 aromatic carbocycles. The summed E-state index contributed by atoms with van der Waals surface area (Å²) >= 11 is 0. The molecule has 0 heterocycles.